The zero-order valence-electron chi connectivity index (χ0n) is 8.90. The zero-order chi connectivity index (χ0) is 11.1. The van der Waals surface area contributed by atoms with Gasteiger partial charge < -0.3 is 9.84 Å². The van der Waals surface area contributed by atoms with Gasteiger partial charge in [0.15, 0.2) is 5.78 Å². The number of carbonyl (C=O) groups is 1. The van der Waals surface area contributed by atoms with Crippen molar-refractivity contribution in [3.05, 3.63) is 29.8 Å². The summed E-state index contributed by atoms with van der Waals surface area (Å²) in [5, 5.41) is 8.72. The molecule has 0 radical (unpaired) electrons. The van der Waals surface area contributed by atoms with Gasteiger partial charge in [-0.2, -0.15) is 0 Å². The van der Waals surface area contributed by atoms with Crippen LogP contribution in [-0.2, 0) is 11.2 Å². The van der Waals surface area contributed by atoms with Gasteiger partial charge in [0.2, 0.25) is 0 Å². The summed E-state index contributed by atoms with van der Waals surface area (Å²) in [6.07, 6.45) is 1.15. The average molecular weight is 208 g/mol. The highest BCUT2D eigenvalue weighted by Gasteiger charge is 1.99. The molecule has 0 aromatic heterocycles. The van der Waals surface area contributed by atoms with Crippen molar-refractivity contribution in [2.45, 2.75) is 19.8 Å². The largest absolute Gasteiger partial charge is 0.486 e. The Balaban J connectivity index is 2.45. The van der Waals surface area contributed by atoms with Crippen LogP contribution in [0.15, 0.2) is 24.3 Å². The summed E-state index contributed by atoms with van der Waals surface area (Å²) in [6.45, 7) is 2.10. The molecule has 3 nitrogen and oxygen atoms in total. The van der Waals surface area contributed by atoms with Gasteiger partial charge in [0.05, 0.1) is 0 Å². The standard InChI is InChI=1S/C12H16O3/c1-2-11(14)9-15-12-5-3-10(4-6-12)7-8-13/h3-6,13H,2,7-9H2,1H3. The van der Waals surface area contributed by atoms with Crippen LogP contribution in [0.1, 0.15) is 18.9 Å². The third-order valence-corrected chi connectivity index (χ3v) is 2.12. The average Bonchev–Trinajstić information content (AvgIpc) is 2.28. The van der Waals surface area contributed by atoms with Gasteiger partial charge in [-0.1, -0.05) is 19.1 Å². The van der Waals surface area contributed by atoms with Crippen LogP contribution in [0.5, 0.6) is 5.75 Å². The first-order valence-electron chi connectivity index (χ1n) is 5.10. The first-order valence-corrected chi connectivity index (χ1v) is 5.10. The van der Waals surface area contributed by atoms with Gasteiger partial charge in [0.1, 0.15) is 12.4 Å². The lowest BCUT2D eigenvalue weighted by Crippen LogP contribution is -2.09. The van der Waals surface area contributed by atoms with Crippen molar-refractivity contribution >= 4 is 5.78 Å². The van der Waals surface area contributed by atoms with E-state index in [2.05, 4.69) is 0 Å². The topological polar surface area (TPSA) is 46.5 Å². The molecule has 0 aliphatic rings. The predicted octanol–water partition coefficient (Wildman–Crippen LogP) is 1.58. The smallest absolute Gasteiger partial charge is 0.169 e. The van der Waals surface area contributed by atoms with Crippen molar-refractivity contribution < 1.29 is 14.6 Å². The zero-order valence-corrected chi connectivity index (χ0v) is 8.90. The third-order valence-electron chi connectivity index (χ3n) is 2.12. The van der Waals surface area contributed by atoms with E-state index in [1.54, 1.807) is 0 Å². The number of aliphatic hydroxyl groups excluding tert-OH is 1. The van der Waals surface area contributed by atoms with Crippen LogP contribution < -0.4 is 4.74 Å². The fraction of sp³-hybridized carbons (Fsp3) is 0.417. The van der Waals surface area contributed by atoms with Crippen LogP contribution in [-0.4, -0.2) is 24.1 Å². The molecule has 0 atom stereocenters. The van der Waals surface area contributed by atoms with Crippen molar-refractivity contribution in [2.75, 3.05) is 13.2 Å². The summed E-state index contributed by atoms with van der Waals surface area (Å²) in [4.78, 5) is 11.0. The monoisotopic (exact) mass is 208 g/mol. The highest BCUT2D eigenvalue weighted by Crippen LogP contribution is 2.12. The number of benzene rings is 1. The first-order chi connectivity index (χ1) is 7.26. The number of aliphatic hydroxyl groups is 1. The van der Waals surface area contributed by atoms with Crippen LogP contribution in [0, 0.1) is 0 Å². The number of ether oxygens (including phenoxy) is 1. The van der Waals surface area contributed by atoms with Crippen LogP contribution >= 0.6 is 0 Å². The lowest BCUT2D eigenvalue weighted by molar-refractivity contribution is -0.120. The molecule has 0 saturated carbocycles. The Hall–Kier alpha value is -1.35. The van der Waals surface area contributed by atoms with Gasteiger partial charge in [0, 0.05) is 13.0 Å². The van der Waals surface area contributed by atoms with Crippen molar-refractivity contribution in [1.82, 2.24) is 0 Å². The number of Topliss-reactive ketones (excluding diaryl/α,β-unsaturated/α-hetero) is 1. The fourth-order valence-corrected chi connectivity index (χ4v) is 1.15. The van der Waals surface area contributed by atoms with E-state index in [1.807, 2.05) is 31.2 Å². The molecular weight excluding hydrogens is 192 g/mol. The summed E-state index contributed by atoms with van der Waals surface area (Å²) >= 11 is 0. The molecule has 1 N–H and O–H groups in total. The quantitative estimate of drug-likeness (QED) is 0.772. The van der Waals surface area contributed by atoms with Crippen LogP contribution in [0.2, 0.25) is 0 Å². The van der Waals surface area contributed by atoms with Crippen molar-refractivity contribution in [1.29, 1.82) is 0 Å². The summed E-state index contributed by atoms with van der Waals surface area (Å²) < 4.78 is 5.28. The minimum absolute atomic E-state index is 0.0921. The number of ketones is 1. The highest BCUT2D eigenvalue weighted by molar-refractivity contribution is 5.79. The maximum absolute atomic E-state index is 11.0. The van der Waals surface area contributed by atoms with E-state index < -0.39 is 0 Å². The predicted molar refractivity (Wildman–Crippen MR) is 58.0 cm³/mol. The first kappa shape index (κ1) is 11.7. The SMILES string of the molecule is CCC(=O)COc1ccc(CCO)cc1. The van der Waals surface area contributed by atoms with Gasteiger partial charge >= 0.3 is 0 Å². The van der Waals surface area contributed by atoms with Crippen molar-refractivity contribution in [3.8, 4) is 5.75 Å². The highest BCUT2D eigenvalue weighted by atomic mass is 16.5. The molecule has 0 spiro atoms. The third kappa shape index (κ3) is 4.13. The van der Waals surface area contributed by atoms with E-state index in [9.17, 15) is 4.79 Å². The van der Waals surface area contributed by atoms with Crippen LogP contribution in [0.4, 0.5) is 0 Å². The molecule has 1 rings (SSSR count). The fourth-order valence-electron chi connectivity index (χ4n) is 1.15. The molecule has 82 valence electrons. The Kier molecular flexibility index (Phi) is 4.84. The molecule has 0 unspecified atom stereocenters. The maximum atomic E-state index is 11.0. The van der Waals surface area contributed by atoms with E-state index >= 15 is 0 Å². The minimum atomic E-state index is 0.0921. The Morgan fingerprint density at radius 2 is 2.00 bits per heavy atom. The lowest BCUT2D eigenvalue weighted by Gasteiger charge is -2.05. The van der Waals surface area contributed by atoms with Crippen molar-refractivity contribution in [3.63, 3.8) is 0 Å². The van der Waals surface area contributed by atoms with Crippen LogP contribution in [0.25, 0.3) is 0 Å². The number of rotatable bonds is 6. The van der Waals surface area contributed by atoms with Crippen LogP contribution in [0.3, 0.4) is 0 Å². The Bertz CT molecular complexity index is 303. The normalized spacial score (nSPS) is 10.0. The van der Waals surface area contributed by atoms with E-state index in [0.29, 0.717) is 18.6 Å². The maximum Gasteiger partial charge on any atom is 0.169 e. The lowest BCUT2D eigenvalue weighted by atomic mass is 10.1. The Labute approximate surface area is 89.7 Å². The van der Waals surface area contributed by atoms with E-state index in [0.717, 1.165) is 5.56 Å². The second-order valence-corrected chi connectivity index (χ2v) is 3.30. The molecule has 0 aliphatic heterocycles. The van der Waals surface area contributed by atoms with Gasteiger partial charge in [-0.3, -0.25) is 4.79 Å². The molecule has 1 aromatic carbocycles. The second-order valence-electron chi connectivity index (χ2n) is 3.30. The van der Waals surface area contributed by atoms with Crippen molar-refractivity contribution in [2.24, 2.45) is 0 Å². The molecule has 0 heterocycles. The van der Waals surface area contributed by atoms with Gasteiger partial charge in [-0.05, 0) is 24.1 Å². The molecule has 0 amide bonds. The summed E-state index contributed by atoms with van der Waals surface area (Å²) in [6, 6.07) is 7.41. The molecule has 0 saturated heterocycles. The molecule has 3 heteroatoms. The molecule has 0 fully saturated rings. The summed E-state index contributed by atoms with van der Waals surface area (Å²) in [7, 11) is 0. The molecule has 0 aliphatic carbocycles. The van der Waals surface area contributed by atoms with E-state index in [4.69, 9.17) is 9.84 Å². The van der Waals surface area contributed by atoms with Gasteiger partial charge in [-0.15, -0.1) is 0 Å². The number of carbonyl (C=O) groups excluding carboxylic acids is 1. The number of hydrogen-bond acceptors (Lipinski definition) is 3. The Morgan fingerprint density at radius 3 is 2.53 bits per heavy atom. The molecule has 0 bridgehead atoms. The Morgan fingerprint density at radius 1 is 1.33 bits per heavy atom. The molecule has 1 aromatic rings. The van der Waals surface area contributed by atoms with Gasteiger partial charge in [0.25, 0.3) is 0 Å². The number of hydrogen-bond donors (Lipinski definition) is 1. The second kappa shape index (κ2) is 6.19. The molecule has 15 heavy (non-hydrogen) atoms. The minimum Gasteiger partial charge on any atom is -0.486 e. The van der Waals surface area contributed by atoms with E-state index in [1.165, 1.54) is 0 Å². The summed E-state index contributed by atoms with van der Waals surface area (Å²) in [5.41, 5.74) is 1.06. The van der Waals surface area contributed by atoms with Gasteiger partial charge in [-0.25, -0.2) is 0 Å². The molecular formula is C12H16O3. The van der Waals surface area contributed by atoms with E-state index in [-0.39, 0.29) is 19.0 Å². The summed E-state index contributed by atoms with van der Waals surface area (Å²) in [5.74, 6) is 0.785.